The van der Waals surface area contributed by atoms with Crippen LogP contribution in [0.2, 0.25) is 0 Å². The van der Waals surface area contributed by atoms with Gasteiger partial charge in [0.1, 0.15) is 0 Å². The number of carbonyl (C=O) groups excluding carboxylic acids is 1. The van der Waals surface area contributed by atoms with Crippen molar-refractivity contribution < 1.29 is 19.4 Å². The second-order valence-corrected chi connectivity index (χ2v) is 7.25. The van der Waals surface area contributed by atoms with Gasteiger partial charge in [-0.25, -0.2) is 0 Å². The number of amides is 1. The van der Waals surface area contributed by atoms with E-state index in [9.17, 15) is 14.7 Å². The van der Waals surface area contributed by atoms with Gasteiger partial charge >= 0.3 is 5.97 Å². The van der Waals surface area contributed by atoms with Crippen LogP contribution in [-0.4, -0.2) is 17.0 Å². The number of anilines is 1. The zero-order chi connectivity index (χ0) is 17.2. The third kappa shape index (κ3) is 3.46. The van der Waals surface area contributed by atoms with Crippen LogP contribution in [-0.2, 0) is 27.5 Å². The Balaban J connectivity index is 1.79. The van der Waals surface area contributed by atoms with Crippen molar-refractivity contribution >= 4 is 17.6 Å². The summed E-state index contributed by atoms with van der Waals surface area (Å²) in [7, 11) is 0. The van der Waals surface area contributed by atoms with Crippen molar-refractivity contribution in [3.63, 3.8) is 0 Å². The van der Waals surface area contributed by atoms with Gasteiger partial charge in [0, 0.05) is 5.69 Å². The van der Waals surface area contributed by atoms with Gasteiger partial charge in [-0.15, -0.1) is 0 Å². The smallest absolute Gasteiger partial charge is 0.304 e. The fourth-order valence-electron chi connectivity index (χ4n) is 3.99. The number of benzene rings is 1. The summed E-state index contributed by atoms with van der Waals surface area (Å²) in [6.45, 7) is 2.99. The molecule has 0 bridgehead atoms. The van der Waals surface area contributed by atoms with Crippen LogP contribution in [0, 0.1) is 11.3 Å². The van der Waals surface area contributed by atoms with Crippen molar-refractivity contribution in [2.75, 3.05) is 5.32 Å². The second-order valence-electron chi connectivity index (χ2n) is 7.25. The average Bonchev–Trinajstić information content (AvgIpc) is 3.02. The minimum Gasteiger partial charge on any atom is -0.481 e. The molecule has 0 spiro atoms. The molecule has 0 aromatic heterocycles. The third-order valence-corrected chi connectivity index (χ3v) is 5.52. The molecule has 0 saturated heterocycles. The highest BCUT2D eigenvalue weighted by Crippen LogP contribution is 2.42. The van der Waals surface area contributed by atoms with E-state index < -0.39 is 11.4 Å². The number of hydrogen-bond donors (Lipinski definition) is 2. The molecule has 5 heteroatoms. The van der Waals surface area contributed by atoms with Gasteiger partial charge in [-0.2, -0.15) is 0 Å². The van der Waals surface area contributed by atoms with E-state index in [0.717, 1.165) is 42.5 Å². The van der Waals surface area contributed by atoms with E-state index in [2.05, 4.69) is 5.32 Å². The molecule has 2 aliphatic rings. The van der Waals surface area contributed by atoms with Gasteiger partial charge in [-0.3, -0.25) is 9.59 Å². The summed E-state index contributed by atoms with van der Waals surface area (Å²) in [4.78, 5) is 24.3. The summed E-state index contributed by atoms with van der Waals surface area (Å²) >= 11 is 0. The lowest BCUT2D eigenvalue weighted by Crippen LogP contribution is -2.42. The van der Waals surface area contributed by atoms with E-state index in [1.807, 2.05) is 25.1 Å². The Morgan fingerprint density at radius 2 is 1.92 bits per heavy atom. The highest BCUT2D eigenvalue weighted by Gasteiger charge is 2.43. The Morgan fingerprint density at radius 1 is 1.21 bits per heavy atom. The van der Waals surface area contributed by atoms with E-state index >= 15 is 0 Å². The molecule has 5 nitrogen and oxygen atoms in total. The molecule has 1 amide bonds. The monoisotopic (exact) mass is 331 g/mol. The van der Waals surface area contributed by atoms with Crippen molar-refractivity contribution in [1.29, 1.82) is 0 Å². The lowest BCUT2D eigenvalue weighted by atomic mass is 9.67. The van der Waals surface area contributed by atoms with Crippen molar-refractivity contribution in [3.05, 3.63) is 29.3 Å². The third-order valence-electron chi connectivity index (χ3n) is 5.52. The second kappa shape index (κ2) is 6.93. The lowest BCUT2D eigenvalue weighted by molar-refractivity contribution is -0.145. The summed E-state index contributed by atoms with van der Waals surface area (Å²) in [6.07, 6.45) is 5.04. The first kappa shape index (κ1) is 17.0. The lowest BCUT2D eigenvalue weighted by Gasteiger charge is -2.37. The highest BCUT2D eigenvalue weighted by molar-refractivity contribution is 5.97. The number of carboxylic acid groups (broad SMARTS) is 1. The van der Waals surface area contributed by atoms with E-state index in [-0.39, 0.29) is 18.2 Å². The van der Waals surface area contributed by atoms with Crippen molar-refractivity contribution in [2.45, 2.75) is 58.7 Å². The van der Waals surface area contributed by atoms with Gasteiger partial charge in [-0.1, -0.05) is 25.3 Å². The molecule has 1 saturated carbocycles. The van der Waals surface area contributed by atoms with Crippen LogP contribution in [0.5, 0.6) is 0 Å². The van der Waals surface area contributed by atoms with Crippen LogP contribution >= 0.6 is 0 Å². The number of hydrogen-bond acceptors (Lipinski definition) is 3. The van der Waals surface area contributed by atoms with Crippen molar-refractivity contribution in [3.8, 4) is 0 Å². The largest absolute Gasteiger partial charge is 0.481 e. The standard InChI is InChI=1S/C19H25NO4/c1-19(10-17(21)22,15-5-3-2-4-6-15)18(23)20-16-8-7-13-11-24-12-14(13)9-16/h7-9,15H,2-6,10-12H2,1H3,(H,20,23)(H,21,22). The number of fused-ring (bicyclic) bond motifs is 1. The molecular formula is C19H25NO4. The summed E-state index contributed by atoms with van der Waals surface area (Å²) in [5, 5.41) is 12.3. The number of carboxylic acids is 1. The maximum absolute atomic E-state index is 13.0. The Bertz CT molecular complexity index is 636. The first-order chi connectivity index (χ1) is 11.5. The summed E-state index contributed by atoms with van der Waals surface area (Å²) < 4.78 is 5.40. The molecular weight excluding hydrogens is 306 g/mol. The Labute approximate surface area is 142 Å². The topological polar surface area (TPSA) is 75.6 Å². The minimum absolute atomic E-state index is 0.125. The Morgan fingerprint density at radius 3 is 2.62 bits per heavy atom. The summed E-state index contributed by atoms with van der Waals surface area (Å²) in [6, 6.07) is 5.77. The van der Waals surface area contributed by atoms with Crippen molar-refractivity contribution in [2.24, 2.45) is 11.3 Å². The maximum atomic E-state index is 13.0. The molecule has 0 radical (unpaired) electrons. The quantitative estimate of drug-likeness (QED) is 0.862. The van der Waals surface area contributed by atoms with Crippen LogP contribution in [0.25, 0.3) is 0 Å². The molecule has 1 atom stereocenters. The van der Waals surface area contributed by atoms with E-state index in [1.54, 1.807) is 0 Å². The van der Waals surface area contributed by atoms with E-state index in [0.29, 0.717) is 13.2 Å². The van der Waals surface area contributed by atoms with Gasteiger partial charge in [0.25, 0.3) is 0 Å². The molecule has 3 rings (SSSR count). The van der Waals surface area contributed by atoms with Crippen LogP contribution in [0.3, 0.4) is 0 Å². The number of ether oxygens (including phenoxy) is 1. The summed E-state index contributed by atoms with van der Waals surface area (Å²) in [5.41, 5.74) is 2.08. The molecule has 1 aromatic rings. The molecule has 2 N–H and O–H groups in total. The van der Waals surface area contributed by atoms with Crippen LogP contribution < -0.4 is 5.32 Å². The number of aliphatic carboxylic acids is 1. The van der Waals surface area contributed by atoms with E-state index in [1.165, 1.54) is 6.42 Å². The molecule has 130 valence electrons. The van der Waals surface area contributed by atoms with Gasteiger partial charge in [0.15, 0.2) is 0 Å². The van der Waals surface area contributed by atoms with Crippen molar-refractivity contribution in [1.82, 2.24) is 0 Å². The average molecular weight is 331 g/mol. The Kier molecular flexibility index (Phi) is 4.90. The highest BCUT2D eigenvalue weighted by atomic mass is 16.5. The van der Waals surface area contributed by atoms with Gasteiger partial charge < -0.3 is 15.2 Å². The molecule has 1 aliphatic heterocycles. The zero-order valence-corrected chi connectivity index (χ0v) is 14.1. The van der Waals surface area contributed by atoms with Crippen LogP contribution in [0.15, 0.2) is 18.2 Å². The first-order valence-corrected chi connectivity index (χ1v) is 8.72. The van der Waals surface area contributed by atoms with Gasteiger partial charge in [0.05, 0.1) is 25.0 Å². The van der Waals surface area contributed by atoms with Gasteiger partial charge in [-0.05, 0) is 48.9 Å². The number of carbonyl (C=O) groups is 2. The SMILES string of the molecule is CC(CC(=O)O)(C(=O)Nc1ccc2c(c1)COC2)C1CCCCC1. The fourth-order valence-corrected chi connectivity index (χ4v) is 3.99. The Hall–Kier alpha value is -1.88. The van der Waals surface area contributed by atoms with Crippen LogP contribution in [0.4, 0.5) is 5.69 Å². The number of nitrogens with one attached hydrogen (secondary N) is 1. The molecule has 1 heterocycles. The van der Waals surface area contributed by atoms with E-state index in [4.69, 9.17) is 4.74 Å². The molecule has 1 unspecified atom stereocenters. The zero-order valence-electron chi connectivity index (χ0n) is 14.1. The molecule has 1 aliphatic carbocycles. The molecule has 24 heavy (non-hydrogen) atoms. The van der Waals surface area contributed by atoms with Gasteiger partial charge in [0.2, 0.25) is 5.91 Å². The number of rotatable bonds is 5. The van der Waals surface area contributed by atoms with Crippen LogP contribution in [0.1, 0.15) is 56.6 Å². The maximum Gasteiger partial charge on any atom is 0.304 e. The minimum atomic E-state index is -0.916. The normalized spacial score (nSPS) is 20.2. The molecule has 1 fully saturated rings. The predicted octanol–water partition coefficient (Wildman–Crippen LogP) is 3.72. The summed E-state index contributed by atoms with van der Waals surface area (Å²) in [5.74, 6) is -0.976. The first-order valence-electron chi connectivity index (χ1n) is 8.72. The fraction of sp³-hybridized carbons (Fsp3) is 0.579. The molecule has 1 aromatic carbocycles. The predicted molar refractivity (Wildman–Crippen MR) is 90.5 cm³/mol.